The lowest BCUT2D eigenvalue weighted by Crippen LogP contribution is -2.50. The van der Waals surface area contributed by atoms with Gasteiger partial charge in [-0.2, -0.15) is 0 Å². The van der Waals surface area contributed by atoms with Crippen molar-refractivity contribution in [3.8, 4) is 0 Å². The van der Waals surface area contributed by atoms with Crippen LogP contribution in [0.3, 0.4) is 0 Å². The minimum atomic E-state index is -3.16. The molecule has 0 bridgehead atoms. The third-order valence-corrected chi connectivity index (χ3v) is 6.41. The van der Waals surface area contributed by atoms with E-state index < -0.39 is 9.05 Å². The molecule has 0 radical (unpaired) electrons. The summed E-state index contributed by atoms with van der Waals surface area (Å²) < 4.78 is 24.0. The Morgan fingerprint density at radius 3 is 2.00 bits per heavy atom. The largest absolute Gasteiger partial charge is 0.680 e. The van der Waals surface area contributed by atoms with Crippen molar-refractivity contribution < 1.29 is 17.7 Å². The van der Waals surface area contributed by atoms with Crippen LogP contribution in [0.5, 0.6) is 0 Å². The van der Waals surface area contributed by atoms with Gasteiger partial charge in [-0.1, -0.05) is 62.2 Å². The van der Waals surface area contributed by atoms with Crippen molar-refractivity contribution in [2.24, 2.45) is 0 Å². The van der Waals surface area contributed by atoms with Crippen LogP contribution in [-0.2, 0) is 17.7 Å². The van der Waals surface area contributed by atoms with Gasteiger partial charge in [0.1, 0.15) is 0 Å². The fraction of sp³-hybridized carbons (Fsp3) is 0.619. The molecule has 0 spiro atoms. The van der Waals surface area contributed by atoms with Crippen molar-refractivity contribution in [3.63, 3.8) is 0 Å². The van der Waals surface area contributed by atoms with Gasteiger partial charge in [-0.05, 0) is 45.6 Å². The summed E-state index contributed by atoms with van der Waals surface area (Å²) in [5, 5.41) is 0. The van der Waals surface area contributed by atoms with E-state index in [4.69, 9.17) is 17.7 Å². The molecule has 26 heavy (non-hydrogen) atoms. The Balaban J connectivity index is 2.88. The van der Waals surface area contributed by atoms with Gasteiger partial charge in [0.25, 0.3) is 0 Å². The number of hydrogen-bond donors (Lipinski definition) is 0. The van der Waals surface area contributed by atoms with Gasteiger partial charge in [-0.15, -0.1) is 0 Å². The topological polar surface area (TPSA) is 36.9 Å². The monoisotopic (exact) mass is 380 g/mol. The summed E-state index contributed by atoms with van der Waals surface area (Å²) in [4.78, 5) is 0. The van der Waals surface area contributed by atoms with Crippen molar-refractivity contribution in [1.82, 2.24) is 0 Å². The minimum Gasteiger partial charge on any atom is -0.351 e. The highest BCUT2D eigenvalue weighted by molar-refractivity contribution is 6.53. The molecule has 0 saturated heterocycles. The lowest BCUT2D eigenvalue weighted by molar-refractivity contribution is -0.0505. The second-order valence-corrected chi connectivity index (χ2v) is 8.12. The van der Waals surface area contributed by atoms with Gasteiger partial charge in [0.05, 0.1) is 6.10 Å². The molecule has 0 aliphatic rings. The molecule has 1 atom stereocenters. The summed E-state index contributed by atoms with van der Waals surface area (Å²) in [5.74, 6) is 0. The number of rotatable bonds is 15. The fourth-order valence-corrected chi connectivity index (χ4v) is 4.80. The van der Waals surface area contributed by atoms with E-state index >= 15 is 0 Å². The zero-order valence-electron chi connectivity index (χ0n) is 16.9. The van der Waals surface area contributed by atoms with Crippen LogP contribution in [0, 0.1) is 0 Å². The lowest BCUT2D eigenvalue weighted by Gasteiger charge is -2.31. The molecule has 1 aromatic rings. The number of benzene rings is 1. The molecule has 0 aromatic heterocycles. The van der Waals surface area contributed by atoms with Crippen LogP contribution in [0.1, 0.15) is 71.5 Å². The summed E-state index contributed by atoms with van der Waals surface area (Å²) in [6.07, 6.45) is 9.95. The third-order valence-electron chi connectivity index (χ3n) is 3.91. The first kappa shape index (κ1) is 23.1. The van der Waals surface area contributed by atoms with Crippen LogP contribution in [0.25, 0.3) is 0 Å². The maximum atomic E-state index is 6.39. The van der Waals surface area contributed by atoms with E-state index in [2.05, 4.69) is 31.2 Å². The Morgan fingerprint density at radius 2 is 1.46 bits per heavy atom. The van der Waals surface area contributed by atoms with E-state index in [9.17, 15) is 0 Å². The molecule has 0 aliphatic heterocycles. The second kappa shape index (κ2) is 14.1. The third kappa shape index (κ3) is 8.60. The molecule has 0 saturated carbocycles. The van der Waals surface area contributed by atoms with Crippen molar-refractivity contribution in [3.05, 3.63) is 48.0 Å². The Labute approximate surface area is 161 Å². The molecule has 5 heteroatoms. The average Bonchev–Trinajstić information content (AvgIpc) is 2.65. The summed E-state index contributed by atoms with van der Waals surface area (Å²) in [5.41, 5.74) is 1.11. The summed E-state index contributed by atoms with van der Waals surface area (Å²) in [6.45, 7) is 9.54. The summed E-state index contributed by atoms with van der Waals surface area (Å²) >= 11 is 0. The van der Waals surface area contributed by atoms with Crippen molar-refractivity contribution in [1.29, 1.82) is 0 Å². The van der Waals surface area contributed by atoms with Gasteiger partial charge in [0.15, 0.2) is 0 Å². The second-order valence-electron chi connectivity index (χ2n) is 6.02. The Bertz CT molecular complexity index is 461. The molecule has 0 amide bonds. The minimum absolute atomic E-state index is 0.144. The molecule has 1 rings (SSSR count). The highest BCUT2D eigenvalue weighted by atomic mass is 28.4. The number of allylic oxidation sites excluding steroid dienone is 1. The first-order valence-electron chi connectivity index (χ1n) is 10.0. The van der Waals surface area contributed by atoms with E-state index in [-0.39, 0.29) is 6.10 Å². The lowest BCUT2D eigenvalue weighted by atomic mass is 10.1. The SMILES string of the molecule is CCCCC/C=C/CC(O[Si](OCC)(OCC)OCC)c1ccccc1. The quantitative estimate of drug-likeness (QED) is 0.218. The zero-order chi connectivity index (χ0) is 19.1. The van der Waals surface area contributed by atoms with E-state index in [0.29, 0.717) is 19.8 Å². The van der Waals surface area contributed by atoms with Gasteiger partial charge >= 0.3 is 9.05 Å². The Hall–Kier alpha value is -0.983. The van der Waals surface area contributed by atoms with Gasteiger partial charge in [0, 0.05) is 19.8 Å². The van der Waals surface area contributed by atoms with Crippen molar-refractivity contribution in [2.75, 3.05) is 19.8 Å². The highest BCUT2D eigenvalue weighted by Crippen LogP contribution is 2.28. The average molecular weight is 381 g/mol. The molecule has 148 valence electrons. The van der Waals surface area contributed by atoms with Crippen molar-refractivity contribution >= 4 is 9.05 Å². The predicted octanol–water partition coefficient (Wildman–Crippen LogP) is 5.82. The van der Waals surface area contributed by atoms with Crippen molar-refractivity contribution in [2.45, 2.75) is 65.9 Å². The molecule has 0 fully saturated rings. The number of hydrogen-bond acceptors (Lipinski definition) is 4. The predicted molar refractivity (Wildman–Crippen MR) is 109 cm³/mol. The molecule has 0 N–H and O–H groups in total. The maximum Gasteiger partial charge on any atom is 0.680 e. The maximum absolute atomic E-state index is 6.39. The van der Waals surface area contributed by atoms with Gasteiger partial charge < -0.3 is 17.7 Å². The van der Waals surface area contributed by atoms with Gasteiger partial charge in [-0.25, -0.2) is 0 Å². The molecule has 1 aromatic carbocycles. The molecular weight excluding hydrogens is 344 g/mol. The van der Waals surface area contributed by atoms with E-state index in [1.165, 1.54) is 19.3 Å². The van der Waals surface area contributed by atoms with Crippen LogP contribution in [0.4, 0.5) is 0 Å². The number of unbranched alkanes of at least 4 members (excludes halogenated alkanes) is 3. The molecule has 4 nitrogen and oxygen atoms in total. The van der Waals surface area contributed by atoms with E-state index in [1.54, 1.807) is 0 Å². The normalized spacial score (nSPS) is 13.4. The molecular formula is C21H36O4Si. The Morgan fingerprint density at radius 1 is 0.846 bits per heavy atom. The van der Waals surface area contributed by atoms with Crippen LogP contribution in [0.2, 0.25) is 0 Å². The molecule has 1 unspecified atom stereocenters. The van der Waals surface area contributed by atoms with Gasteiger partial charge in [0.2, 0.25) is 0 Å². The Kier molecular flexibility index (Phi) is 12.5. The van der Waals surface area contributed by atoms with Gasteiger partial charge in [-0.3, -0.25) is 0 Å². The van der Waals surface area contributed by atoms with E-state index in [0.717, 1.165) is 18.4 Å². The fourth-order valence-electron chi connectivity index (χ4n) is 2.70. The van der Waals surface area contributed by atoms with Crippen LogP contribution in [-0.4, -0.2) is 28.9 Å². The molecule has 0 aliphatic carbocycles. The summed E-state index contributed by atoms with van der Waals surface area (Å²) in [7, 11) is -3.16. The van der Waals surface area contributed by atoms with Crippen LogP contribution in [0.15, 0.2) is 42.5 Å². The zero-order valence-corrected chi connectivity index (χ0v) is 17.9. The molecule has 0 heterocycles. The van der Waals surface area contributed by atoms with Crippen LogP contribution < -0.4 is 0 Å². The standard InChI is InChI=1S/C21H36O4Si/c1-5-9-10-11-12-16-19-21(20-17-14-13-15-18-20)25-26(22-6-2,23-7-3)24-8-4/h12-18,21H,5-11,19H2,1-4H3/b16-12+. The summed E-state index contributed by atoms with van der Waals surface area (Å²) in [6, 6.07) is 10.2. The highest BCUT2D eigenvalue weighted by Gasteiger charge is 2.47. The van der Waals surface area contributed by atoms with E-state index in [1.807, 2.05) is 39.0 Å². The first-order valence-corrected chi connectivity index (χ1v) is 11.6. The first-order chi connectivity index (χ1) is 12.7. The van der Waals surface area contributed by atoms with Crippen LogP contribution >= 0.6 is 0 Å². The smallest absolute Gasteiger partial charge is 0.351 e.